The molecule has 0 amide bonds. The van der Waals surface area contributed by atoms with Crippen LogP contribution in [0.3, 0.4) is 0 Å². The largest absolute Gasteiger partial charge is 0.492 e. The van der Waals surface area contributed by atoms with Gasteiger partial charge >= 0.3 is 0 Å². The van der Waals surface area contributed by atoms with Crippen LogP contribution in [-0.2, 0) is 0 Å². The molecular weight excluding hydrogens is 313 g/mol. The zero-order valence-electron chi connectivity index (χ0n) is 9.87. The normalized spacial score (nSPS) is 8.62. The lowest BCUT2D eigenvalue weighted by Gasteiger charge is -2.06. The van der Waals surface area contributed by atoms with Gasteiger partial charge in [-0.1, -0.05) is 31.9 Å². The van der Waals surface area contributed by atoms with Crippen molar-refractivity contribution in [3.05, 3.63) is 27.8 Å². The summed E-state index contributed by atoms with van der Waals surface area (Å²) >= 11 is 2.30. The first-order chi connectivity index (χ1) is 7.76. The number of para-hydroxylation sites is 1. The SMILES string of the molecule is CC#N.CCCCCOc1ccccc1I. The van der Waals surface area contributed by atoms with Gasteiger partial charge in [-0.2, -0.15) is 5.26 Å². The summed E-state index contributed by atoms with van der Waals surface area (Å²) in [4.78, 5) is 0. The van der Waals surface area contributed by atoms with Crippen LogP contribution in [0.25, 0.3) is 0 Å². The van der Waals surface area contributed by atoms with Crippen LogP contribution in [0.2, 0.25) is 0 Å². The van der Waals surface area contributed by atoms with E-state index in [9.17, 15) is 0 Å². The fourth-order valence-corrected chi connectivity index (χ4v) is 1.64. The monoisotopic (exact) mass is 331 g/mol. The predicted octanol–water partition coefficient (Wildman–Crippen LogP) is 4.39. The van der Waals surface area contributed by atoms with E-state index in [0.717, 1.165) is 18.8 Å². The molecule has 0 aromatic heterocycles. The molecule has 88 valence electrons. The molecule has 0 N–H and O–H groups in total. The molecule has 0 aliphatic rings. The molecule has 0 saturated carbocycles. The molecule has 0 saturated heterocycles. The molecule has 2 nitrogen and oxygen atoms in total. The molecule has 1 aromatic rings. The zero-order valence-corrected chi connectivity index (χ0v) is 12.0. The Kier molecular flexibility index (Phi) is 10.2. The van der Waals surface area contributed by atoms with Crippen LogP contribution in [0.1, 0.15) is 33.1 Å². The van der Waals surface area contributed by atoms with Gasteiger partial charge in [-0.15, -0.1) is 0 Å². The summed E-state index contributed by atoms with van der Waals surface area (Å²) in [6.07, 6.45) is 3.65. The van der Waals surface area contributed by atoms with Gasteiger partial charge in [0.2, 0.25) is 0 Å². The lowest BCUT2D eigenvalue weighted by Crippen LogP contribution is -1.98. The maximum absolute atomic E-state index is 7.32. The van der Waals surface area contributed by atoms with E-state index in [1.807, 2.05) is 18.2 Å². The molecule has 0 atom stereocenters. The van der Waals surface area contributed by atoms with Crippen molar-refractivity contribution in [2.45, 2.75) is 33.1 Å². The molecule has 0 radical (unpaired) electrons. The quantitative estimate of drug-likeness (QED) is 0.592. The Morgan fingerprint density at radius 3 is 2.50 bits per heavy atom. The Hall–Kier alpha value is -0.760. The highest BCUT2D eigenvalue weighted by Gasteiger charge is 1.97. The molecule has 0 fully saturated rings. The number of hydrogen-bond donors (Lipinski definition) is 0. The van der Waals surface area contributed by atoms with Crippen LogP contribution in [-0.4, -0.2) is 6.61 Å². The number of rotatable bonds is 5. The van der Waals surface area contributed by atoms with E-state index in [4.69, 9.17) is 10.00 Å². The van der Waals surface area contributed by atoms with Gasteiger partial charge in [0.05, 0.1) is 16.2 Å². The molecule has 0 heterocycles. The van der Waals surface area contributed by atoms with Gasteiger partial charge in [0.15, 0.2) is 0 Å². The molecule has 1 rings (SSSR count). The second-order valence-corrected chi connectivity index (χ2v) is 4.37. The van der Waals surface area contributed by atoms with Crippen molar-refractivity contribution in [3.8, 4) is 11.8 Å². The minimum absolute atomic E-state index is 0.841. The van der Waals surface area contributed by atoms with Crippen LogP contribution in [0.15, 0.2) is 24.3 Å². The van der Waals surface area contributed by atoms with Gasteiger partial charge < -0.3 is 4.74 Å². The van der Waals surface area contributed by atoms with Gasteiger partial charge in [-0.25, -0.2) is 0 Å². The first-order valence-electron chi connectivity index (χ1n) is 5.44. The number of benzene rings is 1. The third-order valence-electron chi connectivity index (χ3n) is 1.84. The summed E-state index contributed by atoms with van der Waals surface area (Å²) in [6, 6.07) is 9.88. The summed E-state index contributed by atoms with van der Waals surface area (Å²) in [5, 5.41) is 7.32. The lowest BCUT2D eigenvalue weighted by molar-refractivity contribution is 0.304. The Bertz CT molecular complexity index is 320. The molecule has 0 spiro atoms. The van der Waals surface area contributed by atoms with E-state index < -0.39 is 0 Å². The van der Waals surface area contributed by atoms with Crippen molar-refractivity contribution in [2.24, 2.45) is 0 Å². The van der Waals surface area contributed by atoms with E-state index >= 15 is 0 Å². The lowest BCUT2D eigenvalue weighted by atomic mass is 10.3. The van der Waals surface area contributed by atoms with Crippen molar-refractivity contribution >= 4 is 22.6 Å². The van der Waals surface area contributed by atoms with E-state index in [1.54, 1.807) is 6.07 Å². The first-order valence-corrected chi connectivity index (χ1v) is 6.52. The third-order valence-corrected chi connectivity index (χ3v) is 2.73. The maximum Gasteiger partial charge on any atom is 0.132 e. The van der Waals surface area contributed by atoms with Crippen molar-refractivity contribution in [1.82, 2.24) is 0 Å². The molecule has 0 aliphatic carbocycles. The van der Waals surface area contributed by atoms with E-state index in [-0.39, 0.29) is 0 Å². The molecule has 0 bridgehead atoms. The second kappa shape index (κ2) is 10.7. The van der Waals surface area contributed by atoms with E-state index in [0.29, 0.717) is 0 Å². The van der Waals surface area contributed by atoms with Gasteiger partial charge in [-0.05, 0) is 41.1 Å². The predicted molar refractivity (Wildman–Crippen MR) is 75.5 cm³/mol. The number of halogens is 1. The maximum atomic E-state index is 7.32. The highest BCUT2D eigenvalue weighted by Crippen LogP contribution is 2.19. The summed E-state index contributed by atoms with van der Waals surface area (Å²) < 4.78 is 6.82. The summed E-state index contributed by atoms with van der Waals surface area (Å²) in [5.74, 6) is 1.01. The number of unbranched alkanes of at least 4 members (excludes halogenated alkanes) is 2. The number of nitriles is 1. The van der Waals surface area contributed by atoms with Crippen molar-refractivity contribution in [1.29, 1.82) is 5.26 Å². The number of ether oxygens (including phenoxy) is 1. The highest BCUT2D eigenvalue weighted by molar-refractivity contribution is 14.1. The molecule has 0 unspecified atom stereocenters. The molecular formula is C13H18INO. The topological polar surface area (TPSA) is 33.0 Å². The van der Waals surface area contributed by atoms with Crippen LogP contribution < -0.4 is 4.74 Å². The third kappa shape index (κ3) is 7.52. The van der Waals surface area contributed by atoms with Crippen molar-refractivity contribution in [3.63, 3.8) is 0 Å². The minimum Gasteiger partial charge on any atom is -0.492 e. The van der Waals surface area contributed by atoms with Crippen LogP contribution in [0.4, 0.5) is 0 Å². The molecule has 0 aliphatic heterocycles. The average molecular weight is 331 g/mol. The second-order valence-electron chi connectivity index (χ2n) is 3.21. The fourth-order valence-electron chi connectivity index (χ4n) is 1.10. The molecule has 1 aromatic carbocycles. The minimum atomic E-state index is 0.841. The Morgan fingerprint density at radius 2 is 1.94 bits per heavy atom. The average Bonchev–Trinajstić information content (AvgIpc) is 2.28. The van der Waals surface area contributed by atoms with E-state index in [1.165, 1.54) is 23.3 Å². The van der Waals surface area contributed by atoms with Crippen molar-refractivity contribution < 1.29 is 4.74 Å². The first kappa shape index (κ1) is 15.2. The number of nitrogens with zero attached hydrogens (tertiary/aromatic N) is 1. The Morgan fingerprint density at radius 1 is 1.31 bits per heavy atom. The Labute approximate surface area is 112 Å². The number of hydrogen-bond acceptors (Lipinski definition) is 2. The summed E-state index contributed by atoms with van der Waals surface area (Å²) in [7, 11) is 0. The summed E-state index contributed by atoms with van der Waals surface area (Å²) in [5.41, 5.74) is 0. The smallest absolute Gasteiger partial charge is 0.132 e. The van der Waals surface area contributed by atoms with Gasteiger partial charge in [0.1, 0.15) is 5.75 Å². The highest BCUT2D eigenvalue weighted by atomic mass is 127. The van der Waals surface area contributed by atoms with Gasteiger partial charge in [0.25, 0.3) is 0 Å². The van der Waals surface area contributed by atoms with Gasteiger partial charge in [0, 0.05) is 6.92 Å². The van der Waals surface area contributed by atoms with Crippen LogP contribution >= 0.6 is 22.6 Å². The fraction of sp³-hybridized carbons (Fsp3) is 0.462. The molecule has 16 heavy (non-hydrogen) atoms. The van der Waals surface area contributed by atoms with Gasteiger partial charge in [-0.3, -0.25) is 0 Å². The molecule has 3 heteroatoms. The standard InChI is InChI=1S/C11H15IO.C2H3N/c1-2-3-6-9-13-11-8-5-4-7-10(11)12;1-2-3/h4-5,7-8H,2-3,6,9H2,1H3;1H3. The van der Waals surface area contributed by atoms with Crippen molar-refractivity contribution in [2.75, 3.05) is 6.61 Å². The zero-order chi connectivity index (χ0) is 12.2. The van der Waals surface area contributed by atoms with Crippen LogP contribution in [0.5, 0.6) is 5.75 Å². The summed E-state index contributed by atoms with van der Waals surface area (Å²) in [6.45, 7) is 4.47. The van der Waals surface area contributed by atoms with Crippen LogP contribution in [0, 0.1) is 14.9 Å². The van der Waals surface area contributed by atoms with E-state index in [2.05, 4.69) is 35.6 Å². The Balaban J connectivity index is 0.000000673.